The van der Waals surface area contributed by atoms with Gasteiger partial charge < -0.3 is 20.5 Å². The van der Waals surface area contributed by atoms with Gasteiger partial charge in [0.05, 0.1) is 22.5 Å². The molecule has 0 saturated heterocycles. The van der Waals surface area contributed by atoms with E-state index in [1.54, 1.807) is 36.6 Å². The molecular weight excluding hydrogens is 422 g/mol. The Labute approximate surface area is 191 Å². The van der Waals surface area contributed by atoms with Crippen molar-refractivity contribution in [2.45, 2.75) is 39.8 Å². The first-order chi connectivity index (χ1) is 15.3. The first kappa shape index (κ1) is 22.0. The van der Waals surface area contributed by atoms with E-state index >= 15 is 0 Å². The number of thiophene rings is 1. The number of nitrogens with zero attached hydrogens (tertiary/aromatic N) is 1. The van der Waals surface area contributed by atoms with Crippen LogP contribution in [-0.2, 0) is 11.3 Å². The number of nitrogens with one attached hydrogen (secondary N) is 2. The van der Waals surface area contributed by atoms with Crippen molar-refractivity contribution >= 4 is 49.0 Å². The van der Waals surface area contributed by atoms with Crippen molar-refractivity contribution in [2.75, 3.05) is 11.9 Å². The molecule has 2 heterocycles. The number of benzene rings is 2. The van der Waals surface area contributed by atoms with Crippen LogP contribution in [0.15, 0.2) is 48.7 Å². The number of aromatic nitrogens is 1. The van der Waals surface area contributed by atoms with Crippen molar-refractivity contribution in [3.05, 3.63) is 59.8 Å². The standard InChI is InChI=1S/C25H27N3O3S/c1-5-31-24(30)18-14-26-21-17-8-6-7-9-20(17)32-23(21)22(18)28-16-10-11-19(29)15(12-16)13-27-25(2,3)4/h6-12,14,27,29H,5,13H2,1-4H3,(H,26,28). The largest absolute Gasteiger partial charge is 0.508 e. The molecule has 4 rings (SSSR count). The van der Waals surface area contributed by atoms with Crippen LogP contribution in [0.4, 0.5) is 11.4 Å². The summed E-state index contributed by atoms with van der Waals surface area (Å²) < 4.78 is 7.27. The van der Waals surface area contributed by atoms with Crippen molar-refractivity contribution in [1.29, 1.82) is 0 Å². The Morgan fingerprint density at radius 2 is 1.97 bits per heavy atom. The lowest BCUT2D eigenvalue weighted by molar-refractivity contribution is 0.0527. The van der Waals surface area contributed by atoms with Crippen LogP contribution >= 0.6 is 11.3 Å². The van der Waals surface area contributed by atoms with Crippen LogP contribution in [0.1, 0.15) is 43.6 Å². The van der Waals surface area contributed by atoms with Crippen molar-refractivity contribution in [3.8, 4) is 5.75 Å². The summed E-state index contributed by atoms with van der Waals surface area (Å²) in [6.07, 6.45) is 1.57. The van der Waals surface area contributed by atoms with Crippen molar-refractivity contribution in [1.82, 2.24) is 10.3 Å². The molecule has 0 amide bonds. The van der Waals surface area contributed by atoms with Crippen molar-refractivity contribution < 1.29 is 14.6 Å². The third-order valence-corrected chi connectivity index (χ3v) is 6.22. The van der Waals surface area contributed by atoms with Gasteiger partial charge in [-0.3, -0.25) is 4.98 Å². The van der Waals surface area contributed by atoms with E-state index in [0.29, 0.717) is 17.8 Å². The quantitative estimate of drug-likeness (QED) is 0.249. The van der Waals surface area contributed by atoms with Crippen LogP contribution in [0.5, 0.6) is 5.75 Å². The number of phenols is 1. The Morgan fingerprint density at radius 1 is 1.19 bits per heavy atom. The van der Waals surface area contributed by atoms with Gasteiger partial charge in [-0.2, -0.15) is 0 Å². The van der Waals surface area contributed by atoms with Gasteiger partial charge in [0.15, 0.2) is 0 Å². The average molecular weight is 450 g/mol. The molecule has 2 aromatic carbocycles. The zero-order valence-corrected chi connectivity index (χ0v) is 19.5. The van der Waals surface area contributed by atoms with Gasteiger partial charge in [0.1, 0.15) is 11.3 Å². The first-order valence-electron chi connectivity index (χ1n) is 10.6. The molecule has 0 atom stereocenters. The maximum absolute atomic E-state index is 12.7. The van der Waals surface area contributed by atoms with Crippen molar-refractivity contribution in [2.24, 2.45) is 0 Å². The summed E-state index contributed by atoms with van der Waals surface area (Å²) in [4.78, 5) is 17.3. The van der Waals surface area contributed by atoms with E-state index in [0.717, 1.165) is 31.6 Å². The third-order valence-electron chi connectivity index (χ3n) is 5.04. The molecule has 0 aliphatic heterocycles. The molecule has 7 heteroatoms. The van der Waals surface area contributed by atoms with Crippen LogP contribution in [-0.4, -0.2) is 28.2 Å². The Morgan fingerprint density at radius 3 is 2.72 bits per heavy atom. The summed E-state index contributed by atoms with van der Waals surface area (Å²) in [6, 6.07) is 13.4. The highest BCUT2D eigenvalue weighted by molar-refractivity contribution is 7.26. The number of anilines is 2. The van der Waals surface area contributed by atoms with Gasteiger partial charge in [-0.15, -0.1) is 11.3 Å². The van der Waals surface area contributed by atoms with Gasteiger partial charge in [-0.05, 0) is 52.0 Å². The second-order valence-electron chi connectivity index (χ2n) is 8.62. The molecule has 0 unspecified atom stereocenters. The predicted octanol–water partition coefficient (Wildman–Crippen LogP) is 5.96. The number of phenolic OH excluding ortho intramolecular Hbond substituents is 1. The van der Waals surface area contributed by atoms with Crippen LogP contribution in [0.25, 0.3) is 20.3 Å². The van der Waals surface area contributed by atoms with Crippen LogP contribution in [0.3, 0.4) is 0 Å². The predicted molar refractivity (Wildman–Crippen MR) is 131 cm³/mol. The fraction of sp³-hybridized carbons (Fsp3) is 0.280. The number of aromatic hydroxyl groups is 1. The molecule has 0 bridgehead atoms. The smallest absolute Gasteiger partial charge is 0.341 e. The summed E-state index contributed by atoms with van der Waals surface area (Å²) in [5, 5.41) is 18.2. The van der Waals surface area contributed by atoms with Crippen LogP contribution in [0.2, 0.25) is 0 Å². The normalized spacial score (nSPS) is 11.8. The molecule has 3 N–H and O–H groups in total. The fourth-order valence-corrected chi connectivity index (χ4v) is 4.61. The van der Waals surface area contributed by atoms with E-state index in [4.69, 9.17) is 4.74 Å². The van der Waals surface area contributed by atoms with E-state index in [1.165, 1.54) is 0 Å². The number of ether oxygens (including phenoxy) is 1. The van der Waals surface area contributed by atoms with E-state index in [9.17, 15) is 9.90 Å². The van der Waals surface area contributed by atoms with Crippen molar-refractivity contribution in [3.63, 3.8) is 0 Å². The van der Waals surface area contributed by atoms with Gasteiger partial charge in [0.25, 0.3) is 0 Å². The molecular formula is C25H27N3O3S. The Balaban J connectivity index is 1.80. The zero-order valence-electron chi connectivity index (χ0n) is 18.7. The molecule has 0 saturated carbocycles. The third kappa shape index (κ3) is 4.54. The highest BCUT2D eigenvalue weighted by atomic mass is 32.1. The number of carbonyl (C=O) groups excluding carboxylic acids is 1. The van der Waals surface area contributed by atoms with Gasteiger partial charge in [-0.1, -0.05) is 18.2 Å². The summed E-state index contributed by atoms with van der Waals surface area (Å²) in [6.45, 7) is 8.81. The molecule has 32 heavy (non-hydrogen) atoms. The number of fused-ring (bicyclic) bond motifs is 3. The minimum atomic E-state index is -0.421. The highest BCUT2D eigenvalue weighted by Crippen LogP contribution is 2.40. The van der Waals surface area contributed by atoms with E-state index in [1.807, 2.05) is 30.3 Å². The summed E-state index contributed by atoms with van der Waals surface area (Å²) in [5.74, 6) is -0.199. The topological polar surface area (TPSA) is 83.5 Å². The number of pyridine rings is 1. The molecule has 0 spiro atoms. The molecule has 0 fully saturated rings. The lowest BCUT2D eigenvalue weighted by atomic mass is 10.1. The summed E-state index contributed by atoms with van der Waals surface area (Å²) in [5.41, 5.74) is 3.34. The second-order valence-corrected chi connectivity index (χ2v) is 9.67. The number of hydrogen-bond acceptors (Lipinski definition) is 7. The minimum Gasteiger partial charge on any atom is -0.508 e. The lowest BCUT2D eigenvalue weighted by Gasteiger charge is -2.21. The molecule has 0 aliphatic carbocycles. The fourth-order valence-electron chi connectivity index (χ4n) is 3.44. The number of carbonyl (C=O) groups is 1. The second kappa shape index (κ2) is 8.76. The van der Waals surface area contributed by atoms with Gasteiger partial charge in [0, 0.05) is 39.6 Å². The van der Waals surface area contributed by atoms with E-state index < -0.39 is 5.97 Å². The van der Waals surface area contributed by atoms with Crippen LogP contribution in [0, 0.1) is 0 Å². The molecule has 4 aromatic rings. The number of hydrogen-bond donors (Lipinski definition) is 3. The zero-order chi connectivity index (χ0) is 22.9. The lowest BCUT2D eigenvalue weighted by Crippen LogP contribution is -2.35. The van der Waals surface area contributed by atoms with E-state index in [-0.39, 0.29) is 17.9 Å². The summed E-state index contributed by atoms with van der Waals surface area (Å²) in [7, 11) is 0. The van der Waals surface area contributed by atoms with Gasteiger partial charge in [-0.25, -0.2) is 4.79 Å². The maximum Gasteiger partial charge on any atom is 0.341 e. The number of rotatable bonds is 6. The Bertz CT molecular complexity index is 1290. The minimum absolute atomic E-state index is 0.0821. The Hall–Kier alpha value is -3.16. The molecule has 0 radical (unpaired) electrons. The van der Waals surface area contributed by atoms with Crippen LogP contribution < -0.4 is 10.6 Å². The number of esters is 1. The molecule has 0 aliphatic rings. The molecule has 166 valence electrons. The molecule has 6 nitrogen and oxygen atoms in total. The summed E-state index contributed by atoms with van der Waals surface area (Å²) >= 11 is 1.58. The average Bonchev–Trinajstić information content (AvgIpc) is 3.13. The van der Waals surface area contributed by atoms with Gasteiger partial charge in [0.2, 0.25) is 0 Å². The van der Waals surface area contributed by atoms with E-state index in [2.05, 4.69) is 36.4 Å². The monoisotopic (exact) mass is 449 g/mol. The maximum atomic E-state index is 12.7. The SMILES string of the molecule is CCOC(=O)c1cnc2c(sc3ccccc32)c1Nc1ccc(O)c(CNC(C)(C)C)c1. The van der Waals surface area contributed by atoms with Gasteiger partial charge >= 0.3 is 5.97 Å². The molecule has 2 aromatic heterocycles. The highest BCUT2D eigenvalue weighted by Gasteiger charge is 2.20. The Kier molecular flexibility index (Phi) is 6.04. The first-order valence-corrected chi connectivity index (χ1v) is 11.4.